The van der Waals surface area contributed by atoms with Gasteiger partial charge in [-0.2, -0.15) is 0 Å². The molecule has 96 valence electrons. The standard InChI is InChI=1S/C9H19NO5S/c1-3(11)4(10)8-6(13)5(12)7(14)9(15-8)16-2/h3-9,11-14H,10H2,1-2H3/t3-,4-,5-,6-,7-,8-,9-/m1/s1. The highest BCUT2D eigenvalue weighted by molar-refractivity contribution is 7.99. The minimum atomic E-state index is -1.32. The Balaban J connectivity index is 2.78. The average Bonchev–Trinajstić information content (AvgIpc) is 2.25. The summed E-state index contributed by atoms with van der Waals surface area (Å²) in [6.45, 7) is 1.48. The van der Waals surface area contributed by atoms with Crippen LogP contribution in [0, 0.1) is 0 Å². The minimum absolute atomic E-state index is 0.659. The summed E-state index contributed by atoms with van der Waals surface area (Å²) in [5.74, 6) is 0. The molecule has 1 saturated heterocycles. The van der Waals surface area contributed by atoms with E-state index >= 15 is 0 Å². The van der Waals surface area contributed by atoms with Gasteiger partial charge < -0.3 is 30.9 Å². The summed E-state index contributed by atoms with van der Waals surface area (Å²) in [5.41, 5.74) is 5.01. The molecule has 6 nitrogen and oxygen atoms in total. The molecule has 1 heterocycles. The van der Waals surface area contributed by atoms with Gasteiger partial charge in [0.15, 0.2) is 0 Å². The molecule has 1 aliphatic heterocycles. The molecular formula is C9H19NO5S. The van der Waals surface area contributed by atoms with Crippen LogP contribution >= 0.6 is 11.8 Å². The summed E-state index contributed by atoms with van der Waals surface area (Å²) >= 11 is 1.21. The average molecular weight is 253 g/mol. The van der Waals surface area contributed by atoms with Crippen molar-refractivity contribution in [1.82, 2.24) is 0 Å². The fourth-order valence-corrected chi connectivity index (χ4v) is 2.34. The Bertz CT molecular complexity index is 228. The molecule has 1 rings (SSSR count). The Hall–Kier alpha value is 0.110. The fourth-order valence-electron chi connectivity index (χ4n) is 1.66. The Morgan fingerprint density at radius 1 is 1.19 bits per heavy atom. The molecule has 7 atom stereocenters. The van der Waals surface area contributed by atoms with Crippen LogP contribution in [0.15, 0.2) is 0 Å². The van der Waals surface area contributed by atoms with E-state index in [4.69, 9.17) is 10.5 Å². The molecule has 0 aliphatic carbocycles. The Morgan fingerprint density at radius 2 is 1.75 bits per heavy atom. The summed E-state index contributed by atoms with van der Waals surface area (Å²) in [4.78, 5) is 0. The van der Waals surface area contributed by atoms with Gasteiger partial charge in [-0.15, -0.1) is 11.8 Å². The maximum Gasteiger partial charge on any atom is 0.132 e. The number of hydrogen-bond donors (Lipinski definition) is 5. The van der Waals surface area contributed by atoms with Crippen molar-refractivity contribution < 1.29 is 25.2 Å². The molecule has 6 N–H and O–H groups in total. The minimum Gasteiger partial charge on any atom is -0.392 e. The van der Waals surface area contributed by atoms with Crippen molar-refractivity contribution in [1.29, 1.82) is 0 Å². The van der Waals surface area contributed by atoms with Crippen molar-refractivity contribution >= 4 is 11.8 Å². The Morgan fingerprint density at radius 3 is 2.19 bits per heavy atom. The number of aliphatic hydroxyl groups excluding tert-OH is 4. The summed E-state index contributed by atoms with van der Waals surface area (Å²) in [6.07, 6.45) is -3.84. The highest BCUT2D eigenvalue weighted by Gasteiger charge is 2.46. The zero-order chi connectivity index (χ0) is 12.5. The first-order valence-electron chi connectivity index (χ1n) is 5.06. The van der Waals surface area contributed by atoms with E-state index in [0.717, 1.165) is 0 Å². The highest BCUT2D eigenvalue weighted by atomic mass is 32.2. The van der Waals surface area contributed by atoms with Crippen LogP contribution in [0.1, 0.15) is 6.92 Å². The lowest BCUT2D eigenvalue weighted by Gasteiger charge is -2.42. The van der Waals surface area contributed by atoms with E-state index in [1.807, 2.05) is 0 Å². The number of hydrogen-bond acceptors (Lipinski definition) is 7. The maximum atomic E-state index is 9.71. The van der Waals surface area contributed by atoms with Crippen molar-refractivity contribution in [3.8, 4) is 0 Å². The predicted molar refractivity (Wildman–Crippen MR) is 59.9 cm³/mol. The normalized spacial score (nSPS) is 44.1. The van der Waals surface area contributed by atoms with Crippen molar-refractivity contribution in [2.75, 3.05) is 6.26 Å². The van der Waals surface area contributed by atoms with Crippen LogP contribution in [0.4, 0.5) is 0 Å². The van der Waals surface area contributed by atoms with E-state index in [1.54, 1.807) is 6.26 Å². The Labute approximate surface area is 98.4 Å². The molecule has 0 aromatic carbocycles. The number of rotatable bonds is 3. The van der Waals surface area contributed by atoms with Crippen molar-refractivity contribution in [3.05, 3.63) is 0 Å². The lowest BCUT2D eigenvalue weighted by atomic mass is 9.93. The van der Waals surface area contributed by atoms with Gasteiger partial charge in [-0.1, -0.05) is 0 Å². The van der Waals surface area contributed by atoms with E-state index in [0.29, 0.717) is 0 Å². The van der Waals surface area contributed by atoms with Gasteiger partial charge in [0.1, 0.15) is 29.9 Å². The molecule has 0 bridgehead atoms. The second-order valence-electron chi connectivity index (χ2n) is 3.99. The second-order valence-corrected chi connectivity index (χ2v) is 4.93. The molecule has 16 heavy (non-hydrogen) atoms. The molecule has 7 heteroatoms. The van der Waals surface area contributed by atoms with Gasteiger partial charge in [-0.25, -0.2) is 0 Å². The first-order chi connectivity index (χ1) is 7.40. The van der Waals surface area contributed by atoms with Gasteiger partial charge in [0.25, 0.3) is 0 Å². The third-order valence-corrected chi connectivity index (χ3v) is 3.63. The SMILES string of the molecule is CS[C@H]1O[C@H]([C@H](N)[C@@H](C)O)[C@H](O)[C@@H](O)[C@H]1O. The molecule has 0 unspecified atom stereocenters. The first kappa shape index (κ1) is 14.2. The van der Waals surface area contributed by atoms with Gasteiger partial charge in [0.05, 0.1) is 12.1 Å². The molecule has 1 fully saturated rings. The van der Waals surface area contributed by atoms with E-state index in [9.17, 15) is 20.4 Å². The number of aliphatic hydroxyl groups is 4. The molecule has 0 spiro atoms. The summed E-state index contributed by atoms with van der Waals surface area (Å²) < 4.78 is 5.37. The summed E-state index contributed by atoms with van der Waals surface area (Å²) in [6, 6.07) is -0.813. The predicted octanol–water partition coefficient (Wildman–Crippen LogP) is -2.13. The van der Waals surface area contributed by atoms with Gasteiger partial charge >= 0.3 is 0 Å². The van der Waals surface area contributed by atoms with E-state index in [-0.39, 0.29) is 0 Å². The van der Waals surface area contributed by atoms with E-state index < -0.39 is 42.0 Å². The van der Waals surface area contributed by atoms with Gasteiger partial charge in [-0.05, 0) is 13.2 Å². The number of nitrogens with two attached hydrogens (primary N) is 1. The summed E-state index contributed by atoms with van der Waals surface area (Å²) in [5, 5.41) is 38.2. The van der Waals surface area contributed by atoms with Crippen molar-refractivity contribution in [2.24, 2.45) is 5.73 Å². The smallest absolute Gasteiger partial charge is 0.132 e. The van der Waals surface area contributed by atoms with E-state index in [1.165, 1.54) is 18.7 Å². The van der Waals surface area contributed by atoms with Crippen LogP contribution in [0.2, 0.25) is 0 Å². The third kappa shape index (κ3) is 2.67. The van der Waals surface area contributed by atoms with Crippen LogP contribution < -0.4 is 5.73 Å². The van der Waals surface area contributed by atoms with Crippen LogP contribution in [0.5, 0.6) is 0 Å². The lowest BCUT2D eigenvalue weighted by Crippen LogP contribution is -2.63. The molecular weight excluding hydrogens is 234 g/mol. The van der Waals surface area contributed by atoms with Crippen LogP contribution in [0.3, 0.4) is 0 Å². The summed E-state index contributed by atoms with van der Waals surface area (Å²) in [7, 11) is 0. The molecule has 0 amide bonds. The first-order valence-corrected chi connectivity index (χ1v) is 6.35. The third-order valence-electron chi connectivity index (χ3n) is 2.78. The molecule has 0 radical (unpaired) electrons. The van der Waals surface area contributed by atoms with Crippen molar-refractivity contribution in [2.45, 2.75) is 48.9 Å². The lowest BCUT2D eigenvalue weighted by molar-refractivity contribution is -0.207. The number of thioether (sulfide) groups is 1. The zero-order valence-electron chi connectivity index (χ0n) is 9.22. The van der Waals surface area contributed by atoms with Gasteiger partial charge in [-0.3, -0.25) is 0 Å². The highest BCUT2D eigenvalue weighted by Crippen LogP contribution is 2.28. The topological polar surface area (TPSA) is 116 Å². The van der Waals surface area contributed by atoms with Crippen LogP contribution in [-0.2, 0) is 4.74 Å². The number of ether oxygens (including phenoxy) is 1. The fraction of sp³-hybridized carbons (Fsp3) is 1.00. The van der Waals surface area contributed by atoms with Gasteiger partial charge in [0.2, 0.25) is 0 Å². The van der Waals surface area contributed by atoms with Crippen LogP contribution in [0.25, 0.3) is 0 Å². The monoisotopic (exact) mass is 253 g/mol. The molecule has 1 aliphatic rings. The van der Waals surface area contributed by atoms with E-state index in [2.05, 4.69) is 0 Å². The largest absolute Gasteiger partial charge is 0.392 e. The molecule has 0 aromatic rings. The van der Waals surface area contributed by atoms with Gasteiger partial charge in [0, 0.05) is 0 Å². The second kappa shape index (κ2) is 5.63. The molecule has 0 saturated carbocycles. The quantitative estimate of drug-likeness (QED) is 0.390. The van der Waals surface area contributed by atoms with Crippen molar-refractivity contribution in [3.63, 3.8) is 0 Å². The Kier molecular flexibility index (Phi) is 4.99. The van der Waals surface area contributed by atoms with Crippen LogP contribution in [-0.4, -0.2) is 68.7 Å². The zero-order valence-corrected chi connectivity index (χ0v) is 10.0. The maximum absolute atomic E-state index is 9.71. The molecule has 0 aromatic heterocycles.